The van der Waals surface area contributed by atoms with Crippen LogP contribution in [0.1, 0.15) is 27.0 Å². The first kappa shape index (κ1) is 16.9. The highest BCUT2D eigenvalue weighted by Crippen LogP contribution is 2.28. The monoisotopic (exact) mass is 360 g/mol. The van der Waals surface area contributed by atoms with Crippen molar-refractivity contribution in [3.63, 3.8) is 0 Å². The number of H-pyrrole nitrogens is 1. The van der Waals surface area contributed by atoms with E-state index in [9.17, 15) is 4.79 Å². The van der Waals surface area contributed by atoms with Crippen LogP contribution in [0.3, 0.4) is 0 Å². The highest BCUT2D eigenvalue weighted by molar-refractivity contribution is 7.99. The van der Waals surface area contributed by atoms with Crippen molar-refractivity contribution in [1.82, 2.24) is 9.97 Å². The molecular formula is C22H20N2OS. The van der Waals surface area contributed by atoms with Crippen LogP contribution in [0.5, 0.6) is 0 Å². The molecule has 0 unspecified atom stereocenters. The summed E-state index contributed by atoms with van der Waals surface area (Å²) in [5, 5.41) is 3.07. The van der Waals surface area contributed by atoms with Crippen LogP contribution >= 0.6 is 11.8 Å². The summed E-state index contributed by atoms with van der Waals surface area (Å²) in [6.45, 7) is 6.30. The number of aromatic nitrogens is 2. The number of aromatic amines is 1. The van der Waals surface area contributed by atoms with E-state index in [-0.39, 0.29) is 5.78 Å². The van der Waals surface area contributed by atoms with E-state index in [2.05, 4.69) is 44.0 Å². The summed E-state index contributed by atoms with van der Waals surface area (Å²) in [4.78, 5) is 20.6. The van der Waals surface area contributed by atoms with Crippen LogP contribution in [0.25, 0.3) is 21.8 Å². The van der Waals surface area contributed by atoms with Gasteiger partial charge in [-0.15, -0.1) is 0 Å². The zero-order valence-corrected chi connectivity index (χ0v) is 15.9. The number of para-hydroxylation sites is 1. The summed E-state index contributed by atoms with van der Waals surface area (Å²) in [7, 11) is 0. The molecule has 1 N–H and O–H groups in total. The molecule has 4 heteroatoms. The third kappa shape index (κ3) is 3.01. The van der Waals surface area contributed by atoms with Gasteiger partial charge in [-0.25, -0.2) is 4.98 Å². The van der Waals surface area contributed by atoms with E-state index in [4.69, 9.17) is 4.98 Å². The molecule has 0 aliphatic rings. The second kappa shape index (κ2) is 6.61. The van der Waals surface area contributed by atoms with Crippen molar-refractivity contribution in [2.75, 3.05) is 5.75 Å². The highest BCUT2D eigenvalue weighted by Gasteiger charge is 2.13. The quantitative estimate of drug-likeness (QED) is 0.380. The normalized spacial score (nSPS) is 11.3. The number of ketones is 1. The summed E-state index contributed by atoms with van der Waals surface area (Å²) in [6, 6.07) is 14.3. The Balaban J connectivity index is 1.61. The first-order valence-electron chi connectivity index (χ1n) is 8.63. The number of pyridine rings is 1. The van der Waals surface area contributed by atoms with E-state index in [1.807, 2.05) is 24.3 Å². The summed E-state index contributed by atoms with van der Waals surface area (Å²) in [5.74, 6) is 0.498. The minimum atomic E-state index is 0.118. The molecule has 2 heterocycles. The molecule has 0 aliphatic heterocycles. The molecule has 3 nitrogen and oxygen atoms in total. The van der Waals surface area contributed by atoms with Gasteiger partial charge in [0.1, 0.15) is 0 Å². The molecule has 26 heavy (non-hydrogen) atoms. The topological polar surface area (TPSA) is 45.8 Å². The fraction of sp³-hybridized carbons (Fsp3) is 0.182. The van der Waals surface area contributed by atoms with Gasteiger partial charge in [0, 0.05) is 28.0 Å². The van der Waals surface area contributed by atoms with Gasteiger partial charge in [0.2, 0.25) is 0 Å². The minimum absolute atomic E-state index is 0.118. The lowest BCUT2D eigenvalue weighted by Gasteiger charge is -2.09. The van der Waals surface area contributed by atoms with Crippen molar-refractivity contribution < 1.29 is 4.79 Å². The number of hydrogen-bond acceptors (Lipinski definition) is 3. The molecule has 0 atom stereocenters. The van der Waals surface area contributed by atoms with Gasteiger partial charge in [-0.3, -0.25) is 4.79 Å². The van der Waals surface area contributed by atoms with Crippen molar-refractivity contribution >= 4 is 39.4 Å². The summed E-state index contributed by atoms with van der Waals surface area (Å²) in [5.41, 5.74) is 6.38. The maximum atomic E-state index is 12.7. The summed E-state index contributed by atoms with van der Waals surface area (Å²) in [6.07, 6.45) is 1.81. The van der Waals surface area contributed by atoms with Crippen LogP contribution in [0.15, 0.2) is 53.7 Å². The standard InChI is InChI=1S/C22H20N2OS/c1-13-8-15(3)22-17(9-13)14(2)10-21(24-22)26-12-20(25)18-11-23-19-7-5-4-6-16(18)19/h4-11,23H,12H2,1-3H3. The van der Waals surface area contributed by atoms with Gasteiger partial charge in [-0.1, -0.05) is 41.6 Å². The molecule has 0 bridgehead atoms. The van der Waals surface area contributed by atoms with E-state index in [0.717, 1.165) is 27.0 Å². The Hall–Kier alpha value is -2.59. The Bertz CT molecular complexity index is 1140. The number of carbonyl (C=O) groups excluding carboxylic acids is 1. The second-order valence-electron chi connectivity index (χ2n) is 6.72. The predicted molar refractivity (Wildman–Crippen MR) is 109 cm³/mol. The molecule has 0 saturated heterocycles. The van der Waals surface area contributed by atoms with Gasteiger partial charge >= 0.3 is 0 Å². The first-order valence-corrected chi connectivity index (χ1v) is 9.62. The lowest BCUT2D eigenvalue weighted by atomic mass is 10.0. The van der Waals surface area contributed by atoms with Crippen LogP contribution in [-0.2, 0) is 0 Å². The molecule has 130 valence electrons. The molecule has 0 aliphatic carbocycles. The van der Waals surface area contributed by atoms with Crippen LogP contribution in [0, 0.1) is 20.8 Å². The number of hydrogen-bond donors (Lipinski definition) is 1. The summed E-state index contributed by atoms with van der Waals surface area (Å²) >= 11 is 1.50. The van der Waals surface area contributed by atoms with E-state index < -0.39 is 0 Å². The second-order valence-corrected chi connectivity index (χ2v) is 7.71. The third-order valence-electron chi connectivity index (χ3n) is 4.67. The minimum Gasteiger partial charge on any atom is -0.360 e. The Morgan fingerprint density at radius 2 is 1.85 bits per heavy atom. The molecular weight excluding hydrogens is 340 g/mol. The zero-order valence-electron chi connectivity index (χ0n) is 15.1. The van der Waals surface area contributed by atoms with Crippen LogP contribution in [0.2, 0.25) is 0 Å². The molecule has 0 saturated carbocycles. The number of nitrogens with zero attached hydrogens (tertiary/aromatic N) is 1. The van der Waals surface area contributed by atoms with Gasteiger partial charge < -0.3 is 4.98 Å². The van der Waals surface area contributed by atoms with Gasteiger partial charge in [-0.05, 0) is 50.1 Å². The lowest BCUT2D eigenvalue weighted by molar-refractivity contribution is 0.102. The van der Waals surface area contributed by atoms with Crippen LogP contribution in [0.4, 0.5) is 0 Å². The number of aryl methyl sites for hydroxylation is 3. The van der Waals surface area contributed by atoms with Crippen molar-refractivity contribution in [3.05, 3.63) is 70.9 Å². The third-order valence-corrected chi connectivity index (χ3v) is 5.58. The SMILES string of the molecule is Cc1cc(C)c2nc(SCC(=O)c3c[nH]c4ccccc34)cc(C)c2c1. The molecule has 0 radical (unpaired) electrons. The van der Waals surface area contributed by atoms with Gasteiger partial charge in [0.15, 0.2) is 5.78 Å². The Morgan fingerprint density at radius 1 is 1.04 bits per heavy atom. The molecule has 0 fully saturated rings. The average Bonchev–Trinajstić information content (AvgIpc) is 3.05. The number of carbonyl (C=O) groups is 1. The Labute approximate surface area is 156 Å². The maximum Gasteiger partial charge on any atom is 0.175 e. The fourth-order valence-corrected chi connectivity index (χ4v) is 4.26. The van der Waals surface area contributed by atoms with Crippen molar-refractivity contribution in [1.29, 1.82) is 0 Å². The fourth-order valence-electron chi connectivity index (χ4n) is 3.41. The molecule has 4 rings (SSSR count). The van der Waals surface area contributed by atoms with E-state index in [1.54, 1.807) is 6.20 Å². The number of Topliss-reactive ketones (excluding diaryl/α,β-unsaturated/α-hetero) is 1. The predicted octanol–water partition coefficient (Wildman–Crippen LogP) is 5.62. The number of fused-ring (bicyclic) bond motifs is 2. The zero-order chi connectivity index (χ0) is 18.3. The van der Waals surface area contributed by atoms with Crippen LogP contribution < -0.4 is 0 Å². The van der Waals surface area contributed by atoms with E-state index >= 15 is 0 Å². The van der Waals surface area contributed by atoms with Crippen molar-refractivity contribution in [2.24, 2.45) is 0 Å². The smallest absolute Gasteiger partial charge is 0.175 e. The Kier molecular flexibility index (Phi) is 4.29. The van der Waals surface area contributed by atoms with Crippen molar-refractivity contribution in [2.45, 2.75) is 25.8 Å². The lowest BCUT2D eigenvalue weighted by Crippen LogP contribution is -2.02. The molecule has 0 amide bonds. The number of rotatable bonds is 4. The largest absolute Gasteiger partial charge is 0.360 e. The van der Waals surface area contributed by atoms with E-state index in [0.29, 0.717) is 5.75 Å². The number of nitrogens with one attached hydrogen (secondary N) is 1. The molecule has 2 aromatic carbocycles. The number of thioether (sulfide) groups is 1. The maximum absolute atomic E-state index is 12.7. The Morgan fingerprint density at radius 3 is 2.69 bits per heavy atom. The molecule has 2 aromatic heterocycles. The number of benzene rings is 2. The van der Waals surface area contributed by atoms with Crippen molar-refractivity contribution in [3.8, 4) is 0 Å². The highest BCUT2D eigenvalue weighted by atomic mass is 32.2. The molecule has 0 spiro atoms. The summed E-state index contributed by atoms with van der Waals surface area (Å²) < 4.78 is 0. The van der Waals surface area contributed by atoms with Gasteiger partial charge in [0.05, 0.1) is 16.3 Å². The average molecular weight is 360 g/mol. The van der Waals surface area contributed by atoms with E-state index in [1.165, 1.54) is 33.8 Å². The first-order chi connectivity index (χ1) is 12.5. The molecule has 4 aromatic rings. The van der Waals surface area contributed by atoms with Gasteiger partial charge in [-0.2, -0.15) is 0 Å². The van der Waals surface area contributed by atoms with Crippen LogP contribution in [-0.4, -0.2) is 21.5 Å². The van der Waals surface area contributed by atoms with Gasteiger partial charge in [0.25, 0.3) is 0 Å².